The lowest BCUT2D eigenvalue weighted by molar-refractivity contribution is 0.0954. The standard InChI is InChI=1S/C17H18N2O4/c1-21-14-7-4-12(5-8-14)11-18-19-17(20)13-6-9-15(22-2)16(10-13)23-3/h4-11H,1-3H3,(H,19,20)/b18-11-. The van der Waals surface area contributed by atoms with E-state index in [0.29, 0.717) is 17.1 Å². The van der Waals surface area contributed by atoms with Crippen LogP contribution in [0.4, 0.5) is 0 Å². The molecule has 2 aromatic carbocycles. The molecule has 6 heteroatoms. The lowest BCUT2D eigenvalue weighted by atomic mass is 10.2. The van der Waals surface area contributed by atoms with Crippen molar-refractivity contribution in [2.75, 3.05) is 21.3 Å². The van der Waals surface area contributed by atoms with E-state index in [9.17, 15) is 4.79 Å². The average Bonchev–Trinajstić information content (AvgIpc) is 2.61. The lowest BCUT2D eigenvalue weighted by Gasteiger charge is -2.08. The predicted octanol–water partition coefficient (Wildman–Crippen LogP) is 2.48. The Bertz CT molecular complexity index is 696. The van der Waals surface area contributed by atoms with Gasteiger partial charge in [0, 0.05) is 5.56 Å². The second kappa shape index (κ2) is 7.84. The highest BCUT2D eigenvalue weighted by Gasteiger charge is 2.09. The molecule has 0 unspecified atom stereocenters. The first-order chi connectivity index (χ1) is 11.2. The summed E-state index contributed by atoms with van der Waals surface area (Å²) in [5, 5.41) is 3.93. The number of hydrazone groups is 1. The number of methoxy groups -OCH3 is 3. The zero-order valence-corrected chi connectivity index (χ0v) is 13.2. The lowest BCUT2D eigenvalue weighted by Crippen LogP contribution is -2.17. The molecule has 1 amide bonds. The number of benzene rings is 2. The number of amides is 1. The zero-order valence-electron chi connectivity index (χ0n) is 13.2. The van der Waals surface area contributed by atoms with Crippen LogP contribution in [0.3, 0.4) is 0 Å². The summed E-state index contributed by atoms with van der Waals surface area (Å²) < 4.78 is 15.4. The number of rotatable bonds is 6. The molecule has 0 heterocycles. The number of carbonyl (C=O) groups is 1. The molecule has 2 rings (SSSR count). The second-order valence-electron chi connectivity index (χ2n) is 4.54. The van der Waals surface area contributed by atoms with Gasteiger partial charge in [0.05, 0.1) is 27.5 Å². The molecule has 1 N–H and O–H groups in total. The van der Waals surface area contributed by atoms with Gasteiger partial charge in [0.2, 0.25) is 0 Å². The Morgan fingerprint density at radius 2 is 1.65 bits per heavy atom. The quantitative estimate of drug-likeness (QED) is 0.657. The Labute approximate surface area is 134 Å². The maximum absolute atomic E-state index is 12.1. The third kappa shape index (κ3) is 4.23. The van der Waals surface area contributed by atoms with Crippen LogP contribution in [0.2, 0.25) is 0 Å². The number of nitrogens with one attached hydrogen (secondary N) is 1. The zero-order chi connectivity index (χ0) is 16.7. The first-order valence-electron chi connectivity index (χ1n) is 6.87. The Hall–Kier alpha value is -3.02. The SMILES string of the molecule is COc1ccc(/C=N\NC(=O)c2ccc(OC)c(OC)c2)cc1. The van der Waals surface area contributed by atoms with Crippen LogP contribution in [0.25, 0.3) is 0 Å². The van der Waals surface area contributed by atoms with Gasteiger partial charge in [0.1, 0.15) is 5.75 Å². The summed E-state index contributed by atoms with van der Waals surface area (Å²) in [6.45, 7) is 0. The van der Waals surface area contributed by atoms with Gasteiger partial charge in [0.25, 0.3) is 5.91 Å². The predicted molar refractivity (Wildman–Crippen MR) is 87.6 cm³/mol. The van der Waals surface area contributed by atoms with Crippen LogP contribution in [0.15, 0.2) is 47.6 Å². The van der Waals surface area contributed by atoms with Crippen molar-refractivity contribution in [2.45, 2.75) is 0 Å². The summed E-state index contributed by atoms with van der Waals surface area (Å²) in [7, 11) is 4.66. The fraction of sp³-hybridized carbons (Fsp3) is 0.176. The Morgan fingerprint density at radius 1 is 0.957 bits per heavy atom. The molecular weight excluding hydrogens is 296 g/mol. The van der Waals surface area contributed by atoms with Gasteiger partial charge in [0.15, 0.2) is 11.5 Å². The molecule has 0 bridgehead atoms. The normalized spacial score (nSPS) is 10.4. The molecule has 0 saturated heterocycles. The van der Waals surface area contributed by atoms with Crippen LogP contribution in [-0.2, 0) is 0 Å². The van der Waals surface area contributed by atoms with Crippen LogP contribution in [0, 0.1) is 0 Å². The van der Waals surface area contributed by atoms with Gasteiger partial charge in [-0.3, -0.25) is 4.79 Å². The van der Waals surface area contributed by atoms with E-state index in [4.69, 9.17) is 14.2 Å². The number of carbonyl (C=O) groups excluding carboxylic acids is 1. The summed E-state index contributed by atoms with van der Waals surface area (Å²) >= 11 is 0. The molecule has 0 aliphatic carbocycles. The summed E-state index contributed by atoms with van der Waals surface area (Å²) in [6, 6.07) is 12.2. The summed E-state index contributed by atoms with van der Waals surface area (Å²) in [5.74, 6) is 1.47. The monoisotopic (exact) mass is 314 g/mol. The van der Waals surface area contributed by atoms with Crippen molar-refractivity contribution in [3.8, 4) is 17.2 Å². The van der Waals surface area contributed by atoms with Crippen molar-refractivity contribution in [3.63, 3.8) is 0 Å². The second-order valence-corrected chi connectivity index (χ2v) is 4.54. The van der Waals surface area contributed by atoms with Gasteiger partial charge >= 0.3 is 0 Å². The molecule has 0 radical (unpaired) electrons. The van der Waals surface area contributed by atoms with Crippen molar-refractivity contribution < 1.29 is 19.0 Å². The first-order valence-corrected chi connectivity index (χ1v) is 6.87. The summed E-state index contributed by atoms with van der Waals surface area (Å²) in [6.07, 6.45) is 1.55. The van der Waals surface area contributed by atoms with Crippen molar-refractivity contribution in [1.29, 1.82) is 0 Å². The third-order valence-electron chi connectivity index (χ3n) is 3.14. The Balaban J connectivity index is 2.02. The Kier molecular flexibility index (Phi) is 5.57. The molecular formula is C17H18N2O4. The van der Waals surface area contributed by atoms with E-state index >= 15 is 0 Å². The smallest absolute Gasteiger partial charge is 0.271 e. The highest BCUT2D eigenvalue weighted by atomic mass is 16.5. The van der Waals surface area contributed by atoms with Gasteiger partial charge < -0.3 is 14.2 Å². The number of hydrogen-bond acceptors (Lipinski definition) is 5. The van der Waals surface area contributed by atoms with Crippen LogP contribution < -0.4 is 19.6 Å². The van der Waals surface area contributed by atoms with E-state index < -0.39 is 0 Å². The molecule has 2 aromatic rings. The van der Waals surface area contributed by atoms with Crippen molar-refractivity contribution in [1.82, 2.24) is 5.43 Å². The molecule has 6 nitrogen and oxygen atoms in total. The molecule has 120 valence electrons. The summed E-state index contributed by atoms with van der Waals surface area (Å²) in [5.41, 5.74) is 3.74. The first kappa shape index (κ1) is 16.4. The highest BCUT2D eigenvalue weighted by molar-refractivity contribution is 5.95. The average molecular weight is 314 g/mol. The van der Waals surface area contributed by atoms with E-state index in [1.54, 1.807) is 31.5 Å². The van der Waals surface area contributed by atoms with Gasteiger partial charge in [-0.15, -0.1) is 0 Å². The molecule has 0 aliphatic rings. The van der Waals surface area contributed by atoms with E-state index in [1.165, 1.54) is 14.2 Å². The number of hydrogen-bond donors (Lipinski definition) is 1. The topological polar surface area (TPSA) is 69.2 Å². The van der Waals surface area contributed by atoms with E-state index in [1.807, 2.05) is 24.3 Å². The van der Waals surface area contributed by atoms with E-state index in [-0.39, 0.29) is 5.91 Å². The van der Waals surface area contributed by atoms with Crippen molar-refractivity contribution in [2.24, 2.45) is 5.10 Å². The molecule has 0 aliphatic heterocycles. The van der Waals surface area contributed by atoms with Gasteiger partial charge in [-0.1, -0.05) is 0 Å². The molecule has 0 spiro atoms. The Morgan fingerprint density at radius 3 is 2.26 bits per heavy atom. The third-order valence-corrected chi connectivity index (χ3v) is 3.14. The fourth-order valence-corrected chi connectivity index (χ4v) is 1.90. The fourth-order valence-electron chi connectivity index (χ4n) is 1.90. The van der Waals surface area contributed by atoms with E-state index in [0.717, 1.165) is 11.3 Å². The highest BCUT2D eigenvalue weighted by Crippen LogP contribution is 2.27. The van der Waals surface area contributed by atoms with Crippen LogP contribution >= 0.6 is 0 Å². The van der Waals surface area contributed by atoms with Crippen LogP contribution in [-0.4, -0.2) is 33.5 Å². The minimum Gasteiger partial charge on any atom is -0.497 e. The maximum Gasteiger partial charge on any atom is 0.271 e. The molecule has 0 saturated carbocycles. The molecule has 0 fully saturated rings. The van der Waals surface area contributed by atoms with Gasteiger partial charge in [-0.2, -0.15) is 5.10 Å². The molecule has 0 aromatic heterocycles. The van der Waals surface area contributed by atoms with E-state index in [2.05, 4.69) is 10.5 Å². The largest absolute Gasteiger partial charge is 0.497 e. The van der Waals surface area contributed by atoms with Crippen molar-refractivity contribution in [3.05, 3.63) is 53.6 Å². The van der Waals surface area contributed by atoms with Gasteiger partial charge in [-0.25, -0.2) is 5.43 Å². The summed E-state index contributed by atoms with van der Waals surface area (Å²) in [4.78, 5) is 12.1. The molecule has 0 atom stereocenters. The van der Waals surface area contributed by atoms with Gasteiger partial charge in [-0.05, 0) is 48.0 Å². The minimum atomic E-state index is -0.337. The van der Waals surface area contributed by atoms with Crippen molar-refractivity contribution >= 4 is 12.1 Å². The minimum absolute atomic E-state index is 0.337. The number of ether oxygens (including phenoxy) is 3. The van der Waals surface area contributed by atoms with Crippen LogP contribution in [0.5, 0.6) is 17.2 Å². The molecule has 23 heavy (non-hydrogen) atoms. The van der Waals surface area contributed by atoms with Crippen LogP contribution in [0.1, 0.15) is 15.9 Å². The number of nitrogens with zero attached hydrogens (tertiary/aromatic N) is 1. The maximum atomic E-state index is 12.1.